The van der Waals surface area contributed by atoms with Crippen LogP contribution in [0.3, 0.4) is 0 Å². The maximum absolute atomic E-state index is 12.7. The number of fused-ring (bicyclic) bond motifs is 1. The zero-order valence-corrected chi connectivity index (χ0v) is 18.1. The van der Waals surface area contributed by atoms with Gasteiger partial charge in [-0.2, -0.15) is 0 Å². The van der Waals surface area contributed by atoms with Crippen molar-refractivity contribution in [2.75, 3.05) is 6.61 Å². The van der Waals surface area contributed by atoms with Gasteiger partial charge in [0.2, 0.25) is 0 Å². The fraction of sp³-hybridized carbons (Fsp3) is 0.192. The second kappa shape index (κ2) is 9.47. The van der Waals surface area contributed by atoms with Crippen LogP contribution in [0.5, 0.6) is 5.75 Å². The molecular formula is C26H24N2O4. The van der Waals surface area contributed by atoms with Crippen LogP contribution < -0.4 is 15.7 Å². The Morgan fingerprint density at radius 2 is 1.78 bits per heavy atom. The molecule has 1 amide bonds. The van der Waals surface area contributed by atoms with E-state index in [4.69, 9.17) is 9.15 Å². The van der Waals surface area contributed by atoms with Crippen molar-refractivity contribution in [3.05, 3.63) is 105 Å². The van der Waals surface area contributed by atoms with Crippen molar-refractivity contribution in [3.8, 4) is 5.75 Å². The first kappa shape index (κ1) is 21.3. The molecule has 0 fully saturated rings. The van der Waals surface area contributed by atoms with Crippen molar-refractivity contribution < 1.29 is 13.9 Å². The number of hydrogen-bond donors (Lipinski definition) is 1. The van der Waals surface area contributed by atoms with Gasteiger partial charge in [-0.05, 0) is 48.7 Å². The summed E-state index contributed by atoms with van der Waals surface area (Å²) in [6.45, 7) is 4.00. The van der Waals surface area contributed by atoms with Crippen molar-refractivity contribution >= 4 is 16.9 Å². The van der Waals surface area contributed by atoms with Gasteiger partial charge < -0.3 is 14.5 Å². The van der Waals surface area contributed by atoms with Crippen LogP contribution in [0.15, 0.2) is 76.2 Å². The van der Waals surface area contributed by atoms with Crippen molar-refractivity contribution in [1.29, 1.82) is 0 Å². The number of pyridine rings is 1. The molecular weight excluding hydrogens is 404 g/mol. The predicted octanol–water partition coefficient (Wildman–Crippen LogP) is 4.09. The van der Waals surface area contributed by atoms with E-state index < -0.39 is 0 Å². The minimum atomic E-state index is -0.353. The first-order valence-electron chi connectivity index (χ1n) is 10.4. The number of aryl methyl sites for hydroxylation is 2. The van der Waals surface area contributed by atoms with E-state index in [2.05, 4.69) is 10.3 Å². The molecule has 0 atom stereocenters. The lowest BCUT2D eigenvalue weighted by molar-refractivity contribution is -0.123. The fourth-order valence-corrected chi connectivity index (χ4v) is 3.63. The molecule has 0 saturated heterocycles. The van der Waals surface area contributed by atoms with Gasteiger partial charge in [0.05, 0.1) is 0 Å². The van der Waals surface area contributed by atoms with Crippen LogP contribution >= 0.6 is 0 Å². The van der Waals surface area contributed by atoms with Gasteiger partial charge in [0.25, 0.3) is 5.91 Å². The normalized spacial score (nSPS) is 10.8. The van der Waals surface area contributed by atoms with E-state index >= 15 is 0 Å². The van der Waals surface area contributed by atoms with E-state index in [1.807, 2.05) is 68.4 Å². The SMILES string of the molecule is Cc1c(Cc2ccccc2)c(=O)oc2c(C)c(OCC(=O)NCc3cccnc3)ccc12. The summed E-state index contributed by atoms with van der Waals surface area (Å²) >= 11 is 0. The van der Waals surface area contributed by atoms with E-state index in [0.29, 0.717) is 35.4 Å². The number of hydrogen-bond acceptors (Lipinski definition) is 5. The molecule has 0 aliphatic heterocycles. The van der Waals surface area contributed by atoms with Gasteiger partial charge in [-0.25, -0.2) is 4.79 Å². The molecule has 0 bridgehead atoms. The highest BCUT2D eigenvalue weighted by Crippen LogP contribution is 2.30. The van der Waals surface area contributed by atoms with E-state index in [1.165, 1.54) is 0 Å². The van der Waals surface area contributed by atoms with Gasteiger partial charge in [0, 0.05) is 41.9 Å². The van der Waals surface area contributed by atoms with Crippen LogP contribution in [-0.2, 0) is 17.8 Å². The number of rotatable bonds is 7. The molecule has 0 spiro atoms. The maximum Gasteiger partial charge on any atom is 0.340 e. The quantitative estimate of drug-likeness (QED) is 0.449. The highest BCUT2D eigenvalue weighted by Gasteiger charge is 2.16. The minimum Gasteiger partial charge on any atom is -0.483 e. The third-order valence-electron chi connectivity index (χ3n) is 5.45. The molecule has 6 heteroatoms. The summed E-state index contributed by atoms with van der Waals surface area (Å²) in [6, 6.07) is 17.2. The summed E-state index contributed by atoms with van der Waals surface area (Å²) < 4.78 is 11.4. The molecule has 2 heterocycles. The van der Waals surface area contributed by atoms with Crippen LogP contribution in [0.1, 0.15) is 27.8 Å². The number of nitrogens with zero attached hydrogens (tertiary/aromatic N) is 1. The largest absolute Gasteiger partial charge is 0.483 e. The first-order valence-corrected chi connectivity index (χ1v) is 10.4. The standard InChI is InChI=1S/C26H24N2O4/c1-17-21-10-11-23(31-16-24(29)28-15-20-9-6-12-27-14-20)18(2)25(21)32-26(30)22(17)13-19-7-4-3-5-8-19/h3-12,14H,13,15-16H2,1-2H3,(H,28,29). The average molecular weight is 428 g/mol. The molecule has 0 aliphatic carbocycles. The summed E-state index contributed by atoms with van der Waals surface area (Å²) in [5.41, 5.74) is 4.32. The number of carbonyl (C=O) groups is 1. The van der Waals surface area contributed by atoms with Crippen molar-refractivity contribution in [2.45, 2.75) is 26.8 Å². The topological polar surface area (TPSA) is 81.4 Å². The minimum absolute atomic E-state index is 0.137. The zero-order chi connectivity index (χ0) is 22.5. The Balaban J connectivity index is 1.50. The number of ether oxygens (including phenoxy) is 1. The Bertz CT molecular complexity index is 1300. The number of amides is 1. The summed E-state index contributed by atoms with van der Waals surface area (Å²) in [5.74, 6) is 0.261. The number of nitrogens with one attached hydrogen (secondary N) is 1. The molecule has 6 nitrogen and oxygen atoms in total. The second-order valence-electron chi connectivity index (χ2n) is 7.65. The van der Waals surface area contributed by atoms with Gasteiger partial charge in [0.15, 0.2) is 6.61 Å². The molecule has 0 aliphatic rings. The van der Waals surface area contributed by atoms with Crippen molar-refractivity contribution in [3.63, 3.8) is 0 Å². The lowest BCUT2D eigenvalue weighted by Crippen LogP contribution is -2.28. The third kappa shape index (κ3) is 4.70. The molecule has 32 heavy (non-hydrogen) atoms. The summed E-state index contributed by atoms with van der Waals surface area (Å²) in [4.78, 5) is 28.9. The van der Waals surface area contributed by atoms with Gasteiger partial charge >= 0.3 is 5.63 Å². The van der Waals surface area contributed by atoms with Crippen LogP contribution in [0.2, 0.25) is 0 Å². The van der Waals surface area contributed by atoms with E-state index in [9.17, 15) is 9.59 Å². The summed E-state index contributed by atoms with van der Waals surface area (Å²) in [7, 11) is 0. The summed E-state index contributed by atoms with van der Waals surface area (Å²) in [6.07, 6.45) is 3.89. The van der Waals surface area contributed by atoms with Crippen LogP contribution in [0, 0.1) is 13.8 Å². The van der Waals surface area contributed by atoms with E-state index in [0.717, 1.165) is 22.1 Å². The Morgan fingerprint density at radius 1 is 1.00 bits per heavy atom. The maximum atomic E-state index is 12.7. The van der Waals surface area contributed by atoms with E-state index in [1.54, 1.807) is 12.4 Å². The van der Waals surface area contributed by atoms with E-state index in [-0.39, 0.29) is 18.1 Å². The predicted molar refractivity (Wildman–Crippen MR) is 123 cm³/mol. The van der Waals surface area contributed by atoms with Gasteiger partial charge in [0.1, 0.15) is 11.3 Å². The zero-order valence-electron chi connectivity index (χ0n) is 18.1. The molecule has 2 aromatic heterocycles. The lowest BCUT2D eigenvalue weighted by Gasteiger charge is -2.13. The highest BCUT2D eigenvalue weighted by atomic mass is 16.5. The third-order valence-corrected chi connectivity index (χ3v) is 5.45. The number of carbonyl (C=O) groups excluding carboxylic acids is 1. The molecule has 0 radical (unpaired) electrons. The van der Waals surface area contributed by atoms with Crippen LogP contribution in [0.25, 0.3) is 11.0 Å². The monoisotopic (exact) mass is 428 g/mol. The van der Waals surface area contributed by atoms with Crippen molar-refractivity contribution in [2.24, 2.45) is 0 Å². The summed E-state index contributed by atoms with van der Waals surface area (Å²) in [5, 5.41) is 3.66. The number of aromatic nitrogens is 1. The molecule has 0 saturated carbocycles. The van der Waals surface area contributed by atoms with Gasteiger partial charge in [-0.15, -0.1) is 0 Å². The Labute approximate surface area is 185 Å². The lowest BCUT2D eigenvalue weighted by atomic mass is 9.98. The van der Waals surface area contributed by atoms with Crippen LogP contribution in [0.4, 0.5) is 0 Å². The van der Waals surface area contributed by atoms with Gasteiger partial charge in [-0.3, -0.25) is 9.78 Å². The molecule has 0 unspecified atom stereocenters. The Hall–Kier alpha value is -3.93. The molecule has 162 valence electrons. The highest BCUT2D eigenvalue weighted by molar-refractivity contribution is 5.86. The number of benzene rings is 2. The molecule has 4 aromatic rings. The fourth-order valence-electron chi connectivity index (χ4n) is 3.63. The molecule has 2 aromatic carbocycles. The second-order valence-corrected chi connectivity index (χ2v) is 7.65. The smallest absolute Gasteiger partial charge is 0.340 e. The Kier molecular flexibility index (Phi) is 6.31. The van der Waals surface area contributed by atoms with Crippen molar-refractivity contribution in [1.82, 2.24) is 10.3 Å². The van der Waals surface area contributed by atoms with Crippen LogP contribution in [-0.4, -0.2) is 17.5 Å². The molecule has 1 N–H and O–H groups in total. The average Bonchev–Trinajstić information content (AvgIpc) is 2.82. The first-order chi connectivity index (χ1) is 15.5. The molecule has 4 rings (SSSR count). The Morgan fingerprint density at radius 3 is 2.53 bits per heavy atom. The van der Waals surface area contributed by atoms with Gasteiger partial charge in [-0.1, -0.05) is 36.4 Å².